The van der Waals surface area contributed by atoms with Gasteiger partial charge in [0.25, 0.3) is 5.91 Å². The van der Waals surface area contributed by atoms with Crippen LogP contribution in [0.25, 0.3) is 11.0 Å². The molecule has 21 heavy (non-hydrogen) atoms. The van der Waals surface area contributed by atoms with Crippen LogP contribution in [0.1, 0.15) is 10.5 Å². The van der Waals surface area contributed by atoms with Crippen molar-refractivity contribution in [3.63, 3.8) is 0 Å². The Morgan fingerprint density at radius 2 is 1.86 bits per heavy atom. The summed E-state index contributed by atoms with van der Waals surface area (Å²) in [6.07, 6.45) is 1.64. The summed E-state index contributed by atoms with van der Waals surface area (Å²) in [5, 5.41) is 3.27. The van der Waals surface area contributed by atoms with Gasteiger partial charge >= 0.3 is 0 Å². The van der Waals surface area contributed by atoms with E-state index in [1.54, 1.807) is 36.0 Å². The number of amides is 1. The fourth-order valence-electron chi connectivity index (χ4n) is 1.98. The molecule has 5 nitrogen and oxygen atoms in total. The first-order valence-corrected chi connectivity index (χ1v) is 6.85. The molecule has 0 radical (unpaired) electrons. The number of hydrogen-bond acceptors (Lipinski definition) is 3. The minimum absolute atomic E-state index is 0.141. The average Bonchev–Trinajstić information content (AvgIpc) is 2.78. The van der Waals surface area contributed by atoms with Crippen LogP contribution < -0.4 is 5.32 Å². The lowest BCUT2D eigenvalue weighted by Gasteiger charge is -2.07. The molecule has 0 saturated heterocycles. The van der Waals surface area contributed by atoms with Crippen molar-refractivity contribution in [3.05, 3.63) is 52.4 Å². The molecule has 2 aromatic heterocycles. The lowest BCUT2D eigenvalue weighted by molar-refractivity contribution is 0.101. The van der Waals surface area contributed by atoms with Gasteiger partial charge < -0.3 is 9.88 Å². The highest BCUT2D eigenvalue weighted by Gasteiger charge is 2.15. The summed E-state index contributed by atoms with van der Waals surface area (Å²) in [5.41, 5.74) is 1.73. The number of aryl methyl sites for hydroxylation is 1. The van der Waals surface area contributed by atoms with Crippen molar-refractivity contribution in [2.75, 3.05) is 5.32 Å². The standard InChI is InChI=1S/C14H10Cl2N4O/c1-20-7-8(15)6-11(20)14(21)19-13-12(16)17-9-4-2-3-5-10(9)18-13/h2-7H,1H3,(H,18,19,21). The molecular formula is C14H10Cl2N4O. The van der Waals surface area contributed by atoms with Gasteiger partial charge in [0, 0.05) is 13.2 Å². The molecule has 0 unspecified atom stereocenters. The largest absolute Gasteiger partial charge is 0.345 e. The van der Waals surface area contributed by atoms with Crippen LogP contribution in [-0.2, 0) is 7.05 Å². The molecule has 0 atom stereocenters. The molecule has 0 fully saturated rings. The smallest absolute Gasteiger partial charge is 0.273 e. The summed E-state index contributed by atoms with van der Waals surface area (Å²) in [6.45, 7) is 0. The first kappa shape index (κ1) is 13.9. The van der Waals surface area contributed by atoms with Crippen molar-refractivity contribution >= 4 is 46.0 Å². The Hall–Kier alpha value is -2.11. The van der Waals surface area contributed by atoms with Gasteiger partial charge in [0.05, 0.1) is 16.1 Å². The summed E-state index contributed by atoms with van der Waals surface area (Å²) in [4.78, 5) is 20.7. The highest BCUT2D eigenvalue weighted by molar-refractivity contribution is 6.33. The number of fused-ring (bicyclic) bond motifs is 1. The topological polar surface area (TPSA) is 59.8 Å². The molecule has 2 heterocycles. The van der Waals surface area contributed by atoms with Gasteiger partial charge in [0.15, 0.2) is 11.0 Å². The Labute approximate surface area is 130 Å². The Morgan fingerprint density at radius 1 is 1.19 bits per heavy atom. The number of halogens is 2. The number of carbonyl (C=O) groups is 1. The summed E-state index contributed by atoms with van der Waals surface area (Å²) in [5.74, 6) is -0.131. The second kappa shape index (κ2) is 5.35. The van der Waals surface area contributed by atoms with Crippen molar-refractivity contribution in [3.8, 4) is 0 Å². The summed E-state index contributed by atoms with van der Waals surface area (Å²) in [6, 6.07) is 8.86. The van der Waals surface area contributed by atoms with E-state index in [1.165, 1.54) is 0 Å². The van der Waals surface area contributed by atoms with Crippen molar-refractivity contribution in [2.24, 2.45) is 7.05 Å². The second-order valence-corrected chi connectivity index (χ2v) is 5.25. The number of anilines is 1. The Bertz CT molecular complexity index is 844. The van der Waals surface area contributed by atoms with Crippen LogP contribution in [-0.4, -0.2) is 20.4 Å². The van der Waals surface area contributed by atoms with Crippen molar-refractivity contribution < 1.29 is 4.79 Å². The van der Waals surface area contributed by atoms with Crippen LogP contribution in [0.4, 0.5) is 5.82 Å². The third-order valence-electron chi connectivity index (χ3n) is 2.96. The molecule has 0 aliphatic heterocycles. The average molecular weight is 321 g/mol. The maximum absolute atomic E-state index is 12.2. The number of rotatable bonds is 2. The first-order valence-electron chi connectivity index (χ1n) is 6.10. The lowest BCUT2D eigenvalue weighted by atomic mass is 10.3. The monoisotopic (exact) mass is 320 g/mol. The first-order chi connectivity index (χ1) is 10.0. The van der Waals surface area contributed by atoms with Gasteiger partial charge in [0.1, 0.15) is 5.69 Å². The summed E-state index contributed by atoms with van der Waals surface area (Å²) < 4.78 is 1.63. The number of nitrogens with one attached hydrogen (secondary N) is 1. The zero-order valence-electron chi connectivity index (χ0n) is 11.0. The summed E-state index contributed by atoms with van der Waals surface area (Å²) >= 11 is 11.9. The zero-order chi connectivity index (χ0) is 15.0. The molecule has 3 aromatic rings. The highest BCUT2D eigenvalue weighted by atomic mass is 35.5. The molecule has 0 saturated carbocycles. The van der Waals surface area contributed by atoms with Crippen LogP contribution in [0.15, 0.2) is 36.5 Å². The van der Waals surface area contributed by atoms with Gasteiger partial charge in [-0.25, -0.2) is 9.97 Å². The predicted octanol–water partition coefficient (Wildman–Crippen LogP) is 3.53. The molecule has 1 amide bonds. The second-order valence-electron chi connectivity index (χ2n) is 4.46. The number of hydrogen-bond donors (Lipinski definition) is 1. The Balaban J connectivity index is 1.96. The molecule has 1 aromatic carbocycles. The fourth-order valence-corrected chi connectivity index (χ4v) is 2.41. The predicted molar refractivity (Wildman–Crippen MR) is 82.9 cm³/mol. The van der Waals surface area contributed by atoms with Crippen molar-refractivity contribution in [1.29, 1.82) is 0 Å². The number of aromatic nitrogens is 3. The Kier molecular flexibility index (Phi) is 3.53. The van der Waals surface area contributed by atoms with Crippen LogP contribution >= 0.6 is 23.2 Å². The van der Waals surface area contributed by atoms with Crippen LogP contribution in [0, 0.1) is 0 Å². The molecule has 1 N–H and O–H groups in total. The van der Waals surface area contributed by atoms with E-state index in [2.05, 4.69) is 15.3 Å². The minimum atomic E-state index is -0.351. The SMILES string of the molecule is Cn1cc(Cl)cc1C(=O)Nc1nc2ccccc2nc1Cl. The fraction of sp³-hybridized carbons (Fsp3) is 0.0714. The zero-order valence-corrected chi connectivity index (χ0v) is 12.5. The van der Waals surface area contributed by atoms with Crippen molar-refractivity contribution in [1.82, 2.24) is 14.5 Å². The number of para-hydroxylation sites is 2. The van der Waals surface area contributed by atoms with E-state index in [0.29, 0.717) is 21.7 Å². The normalized spacial score (nSPS) is 10.8. The van der Waals surface area contributed by atoms with E-state index in [9.17, 15) is 4.79 Å². The van der Waals surface area contributed by atoms with Gasteiger partial charge in [-0.1, -0.05) is 35.3 Å². The van der Waals surface area contributed by atoms with E-state index < -0.39 is 0 Å². The number of carbonyl (C=O) groups excluding carboxylic acids is 1. The lowest BCUT2D eigenvalue weighted by Crippen LogP contribution is -2.16. The number of benzene rings is 1. The molecule has 0 spiro atoms. The van der Waals surface area contributed by atoms with Gasteiger partial charge in [-0.05, 0) is 18.2 Å². The van der Waals surface area contributed by atoms with Gasteiger partial charge in [-0.3, -0.25) is 4.79 Å². The van der Waals surface area contributed by atoms with Gasteiger partial charge in [-0.2, -0.15) is 0 Å². The maximum atomic E-state index is 12.2. The van der Waals surface area contributed by atoms with E-state index in [4.69, 9.17) is 23.2 Å². The molecule has 0 bridgehead atoms. The van der Waals surface area contributed by atoms with Crippen LogP contribution in [0.2, 0.25) is 10.2 Å². The van der Waals surface area contributed by atoms with Crippen LogP contribution in [0.5, 0.6) is 0 Å². The third-order valence-corrected chi connectivity index (χ3v) is 3.43. The van der Waals surface area contributed by atoms with Gasteiger partial charge in [-0.15, -0.1) is 0 Å². The Morgan fingerprint density at radius 3 is 2.48 bits per heavy atom. The van der Waals surface area contributed by atoms with Gasteiger partial charge in [0.2, 0.25) is 0 Å². The number of nitrogens with zero attached hydrogens (tertiary/aromatic N) is 3. The van der Waals surface area contributed by atoms with E-state index >= 15 is 0 Å². The highest BCUT2D eigenvalue weighted by Crippen LogP contribution is 2.22. The molecule has 0 aliphatic carbocycles. The molecule has 7 heteroatoms. The third kappa shape index (κ3) is 2.70. The maximum Gasteiger partial charge on any atom is 0.273 e. The van der Waals surface area contributed by atoms with Crippen LogP contribution in [0.3, 0.4) is 0 Å². The molecular weight excluding hydrogens is 311 g/mol. The molecule has 3 rings (SSSR count). The van der Waals surface area contributed by atoms with E-state index in [0.717, 1.165) is 0 Å². The van der Waals surface area contributed by atoms with E-state index in [1.807, 2.05) is 12.1 Å². The molecule has 106 valence electrons. The van der Waals surface area contributed by atoms with E-state index in [-0.39, 0.29) is 16.9 Å². The molecule has 0 aliphatic rings. The quantitative estimate of drug-likeness (QED) is 0.785. The minimum Gasteiger partial charge on any atom is -0.345 e. The summed E-state index contributed by atoms with van der Waals surface area (Å²) in [7, 11) is 1.73. The van der Waals surface area contributed by atoms with Crippen molar-refractivity contribution in [2.45, 2.75) is 0 Å².